The molecule has 6 nitrogen and oxygen atoms in total. The molecule has 0 radical (unpaired) electrons. The molecule has 0 saturated carbocycles. The summed E-state index contributed by atoms with van der Waals surface area (Å²) in [6, 6.07) is 67.1. The van der Waals surface area contributed by atoms with Crippen LogP contribution in [0.4, 0.5) is 0 Å². The molecule has 4 aromatic heterocycles. The minimum absolute atomic E-state index is 0.431. The number of rotatable bonds is 5. The van der Waals surface area contributed by atoms with E-state index >= 15 is 0 Å². The molecule has 59 heavy (non-hydrogen) atoms. The summed E-state index contributed by atoms with van der Waals surface area (Å²) < 4.78 is 11.7. The average molecular weight is 754 g/mol. The monoisotopic (exact) mass is 753 g/mol. The molecular weight excluding hydrogens is 723 g/mol. The molecule has 0 saturated heterocycles. The number of nitrogens with zero attached hydrogens (tertiary/aromatic N) is 5. The second-order valence-corrected chi connectivity index (χ2v) is 14.8. The molecule has 0 atom stereocenters. The highest BCUT2D eigenvalue weighted by Crippen LogP contribution is 2.46. The van der Waals surface area contributed by atoms with Crippen molar-refractivity contribution >= 4 is 65.6 Å². The summed E-state index contributed by atoms with van der Waals surface area (Å²) in [7, 11) is 0. The molecule has 0 unspecified atom stereocenters. The number of para-hydroxylation sites is 4. The van der Waals surface area contributed by atoms with Crippen LogP contribution in [0, 0.1) is 11.3 Å². The fraction of sp³-hybridized carbons (Fsp3) is 0. The van der Waals surface area contributed by atoms with Crippen LogP contribution in [0.3, 0.4) is 0 Å². The van der Waals surface area contributed by atoms with Crippen molar-refractivity contribution in [1.29, 1.82) is 5.26 Å². The fourth-order valence-electron chi connectivity index (χ4n) is 9.09. The second kappa shape index (κ2) is 12.9. The topological polar surface area (TPSA) is 72.6 Å². The van der Waals surface area contributed by atoms with Crippen LogP contribution < -0.4 is 0 Å². The van der Waals surface area contributed by atoms with Gasteiger partial charge in [-0.2, -0.15) is 5.26 Å². The van der Waals surface area contributed by atoms with E-state index < -0.39 is 0 Å². The standard InChI is InChI=1S/C53H31N5O/c54-32-41-49(33-16-4-1-5-17-33)55-53(56-50(41)34-18-6-2-7-19-34)40-29-31-45(52-47(40)39-24-12-15-27-46(39)59-52)58-42-25-13-10-22-36(42)37-28-30-44-48(51(37)58)38-23-11-14-26-43(38)57(44)35-20-8-3-9-21-35/h1-31H. The van der Waals surface area contributed by atoms with Crippen LogP contribution >= 0.6 is 0 Å². The first-order chi connectivity index (χ1) is 29.3. The Balaban J connectivity index is 1.21. The van der Waals surface area contributed by atoms with Crippen LogP contribution in [0.2, 0.25) is 0 Å². The van der Waals surface area contributed by atoms with E-state index in [1.807, 2.05) is 78.9 Å². The van der Waals surface area contributed by atoms with E-state index in [1.54, 1.807) is 0 Å². The lowest BCUT2D eigenvalue weighted by Crippen LogP contribution is -2.02. The molecule has 0 aliphatic heterocycles. The lowest BCUT2D eigenvalue weighted by atomic mass is 9.99. The minimum atomic E-state index is 0.431. The van der Waals surface area contributed by atoms with Gasteiger partial charge in [-0.1, -0.05) is 140 Å². The molecule has 6 heteroatoms. The zero-order valence-electron chi connectivity index (χ0n) is 31.5. The number of aromatic nitrogens is 4. The third-order valence-electron chi connectivity index (χ3n) is 11.6. The summed E-state index contributed by atoms with van der Waals surface area (Å²) in [4.78, 5) is 10.4. The number of fused-ring (bicyclic) bond motifs is 10. The lowest BCUT2D eigenvalue weighted by Gasteiger charge is -2.14. The first-order valence-corrected chi connectivity index (χ1v) is 19.7. The van der Waals surface area contributed by atoms with E-state index in [-0.39, 0.29) is 0 Å². The lowest BCUT2D eigenvalue weighted by molar-refractivity contribution is 0.666. The van der Waals surface area contributed by atoms with Crippen molar-refractivity contribution in [3.63, 3.8) is 0 Å². The van der Waals surface area contributed by atoms with Crippen LogP contribution in [-0.2, 0) is 0 Å². The summed E-state index contributed by atoms with van der Waals surface area (Å²) in [5.41, 5.74) is 12.1. The molecule has 4 heterocycles. The van der Waals surface area contributed by atoms with Gasteiger partial charge in [0.05, 0.1) is 39.1 Å². The van der Waals surface area contributed by atoms with Gasteiger partial charge in [-0.3, -0.25) is 0 Å². The highest BCUT2D eigenvalue weighted by molar-refractivity contribution is 6.27. The Morgan fingerprint density at radius 1 is 0.458 bits per heavy atom. The molecule has 0 bridgehead atoms. The van der Waals surface area contributed by atoms with Gasteiger partial charge in [0.2, 0.25) is 0 Å². The van der Waals surface area contributed by atoms with Gasteiger partial charge in [-0.25, -0.2) is 9.97 Å². The van der Waals surface area contributed by atoms with Crippen LogP contribution in [0.5, 0.6) is 0 Å². The number of hydrogen-bond acceptors (Lipinski definition) is 4. The normalized spacial score (nSPS) is 11.7. The Labute approximate surface area is 338 Å². The average Bonchev–Trinajstić information content (AvgIpc) is 3.97. The fourth-order valence-corrected chi connectivity index (χ4v) is 9.09. The van der Waals surface area contributed by atoms with Gasteiger partial charge < -0.3 is 13.6 Å². The third kappa shape index (κ3) is 4.86. The Bertz CT molecular complexity index is 3610. The predicted octanol–water partition coefficient (Wildman–Crippen LogP) is 13.4. The van der Waals surface area contributed by atoms with Crippen molar-refractivity contribution in [3.05, 3.63) is 194 Å². The van der Waals surface area contributed by atoms with E-state index in [9.17, 15) is 5.26 Å². The van der Waals surface area contributed by atoms with Crippen molar-refractivity contribution in [2.75, 3.05) is 0 Å². The molecular formula is C53H31N5O. The first kappa shape index (κ1) is 32.9. The van der Waals surface area contributed by atoms with Crippen molar-refractivity contribution in [1.82, 2.24) is 19.1 Å². The van der Waals surface area contributed by atoms with Gasteiger partial charge in [-0.15, -0.1) is 0 Å². The molecule has 8 aromatic carbocycles. The Morgan fingerprint density at radius 2 is 1.03 bits per heavy atom. The summed E-state index contributed by atoms with van der Waals surface area (Å²) in [6.07, 6.45) is 0. The maximum absolute atomic E-state index is 10.6. The molecule has 0 N–H and O–H groups in total. The number of hydrogen-bond donors (Lipinski definition) is 0. The molecule has 12 rings (SSSR count). The molecule has 0 aliphatic carbocycles. The molecule has 0 amide bonds. The Morgan fingerprint density at radius 3 is 1.71 bits per heavy atom. The zero-order valence-corrected chi connectivity index (χ0v) is 31.5. The largest absolute Gasteiger partial charge is 0.454 e. The SMILES string of the molecule is N#Cc1c(-c2ccccc2)nc(-c2ccc(-n3c4ccccc4c4ccc5c(c6ccccc6n5-c5ccccc5)c43)c3oc4ccccc4c23)nc1-c1ccccc1. The van der Waals surface area contributed by atoms with Gasteiger partial charge in [0.25, 0.3) is 0 Å². The summed E-state index contributed by atoms with van der Waals surface area (Å²) in [6.45, 7) is 0. The maximum atomic E-state index is 10.6. The van der Waals surface area contributed by atoms with Crippen LogP contribution in [-0.4, -0.2) is 19.1 Å². The zero-order chi connectivity index (χ0) is 39.0. The van der Waals surface area contributed by atoms with E-state index in [0.29, 0.717) is 22.8 Å². The highest BCUT2D eigenvalue weighted by Gasteiger charge is 2.26. The van der Waals surface area contributed by atoms with Gasteiger partial charge in [0, 0.05) is 54.7 Å². The van der Waals surface area contributed by atoms with Gasteiger partial charge in [-0.05, 0) is 48.5 Å². The van der Waals surface area contributed by atoms with Crippen LogP contribution in [0.15, 0.2) is 192 Å². The molecule has 0 spiro atoms. The molecule has 0 aliphatic rings. The molecule has 12 aromatic rings. The Hall–Kier alpha value is -8.27. The number of furan rings is 1. The van der Waals surface area contributed by atoms with E-state index in [2.05, 4.69) is 124 Å². The maximum Gasteiger partial charge on any atom is 0.161 e. The van der Waals surface area contributed by atoms with Gasteiger partial charge in [0.1, 0.15) is 17.2 Å². The van der Waals surface area contributed by atoms with Crippen molar-refractivity contribution in [3.8, 4) is 51.3 Å². The summed E-state index contributed by atoms with van der Waals surface area (Å²) >= 11 is 0. The van der Waals surface area contributed by atoms with Crippen LogP contribution in [0.25, 0.3) is 111 Å². The van der Waals surface area contributed by atoms with Crippen molar-refractivity contribution in [2.24, 2.45) is 0 Å². The first-order valence-electron chi connectivity index (χ1n) is 19.7. The molecule has 274 valence electrons. The molecule has 0 fully saturated rings. The summed E-state index contributed by atoms with van der Waals surface area (Å²) in [5, 5.41) is 17.2. The highest BCUT2D eigenvalue weighted by atomic mass is 16.3. The van der Waals surface area contributed by atoms with Crippen molar-refractivity contribution < 1.29 is 4.42 Å². The minimum Gasteiger partial charge on any atom is -0.454 e. The van der Waals surface area contributed by atoms with Crippen LogP contribution in [0.1, 0.15) is 5.56 Å². The number of nitriles is 1. The number of benzene rings is 8. The van der Waals surface area contributed by atoms with E-state index in [0.717, 1.165) is 82.8 Å². The second-order valence-electron chi connectivity index (χ2n) is 14.8. The van der Waals surface area contributed by atoms with Crippen molar-refractivity contribution in [2.45, 2.75) is 0 Å². The summed E-state index contributed by atoms with van der Waals surface area (Å²) in [5.74, 6) is 0.514. The van der Waals surface area contributed by atoms with Gasteiger partial charge >= 0.3 is 0 Å². The third-order valence-corrected chi connectivity index (χ3v) is 11.6. The van der Waals surface area contributed by atoms with E-state index in [4.69, 9.17) is 14.4 Å². The quantitative estimate of drug-likeness (QED) is 0.175. The smallest absolute Gasteiger partial charge is 0.161 e. The van der Waals surface area contributed by atoms with E-state index in [1.165, 1.54) is 10.8 Å². The Kier molecular flexibility index (Phi) is 7.19. The predicted molar refractivity (Wildman–Crippen MR) is 239 cm³/mol. The van der Waals surface area contributed by atoms with Gasteiger partial charge in [0.15, 0.2) is 11.4 Å².